The molecule has 0 heterocycles. The van der Waals surface area contributed by atoms with Crippen LogP contribution in [0.1, 0.15) is 30.1 Å². The summed E-state index contributed by atoms with van der Waals surface area (Å²) in [6.45, 7) is 1.57. The van der Waals surface area contributed by atoms with Crippen molar-refractivity contribution in [3.8, 4) is 0 Å². The second-order valence-electron chi connectivity index (χ2n) is 4.36. The molecule has 0 spiro atoms. The van der Waals surface area contributed by atoms with Crippen molar-refractivity contribution >= 4 is 5.91 Å². The highest BCUT2D eigenvalue weighted by atomic mass is 19.1. The molecule has 1 aromatic carbocycles. The van der Waals surface area contributed by atoms with Gasteiger partial charge in [0.2, 0.25) is 0 Å². The van der Waals surface area contributed by atoms with Crippen molar-refractivity contribution in [1.29, 1.82) is 0 Å². The Morgan fingerprint density at radius 3 is 2.53 bits per heavy atom. The average Bonchev–Trinajstić information content (AvgIpc) is 2.16. The molecule has 1 aromatic rings. The highest BCUT2D eigenvalue weighted by molar-refractivity contribution is 5.94. The molecule has 0 aliphatic heterocycles. The van der Waals surface area contributed by atoms with Gasteiger partial charge in [-0.1, -0.05) is 18.2 Å². The van der Waals surface area contributed by atoms with E-state index in [0.717, 1.165) is 0 Å². The summed E-state index contributed by atoms with van der Waals surface area (Å²) in [6, 6.07) is 8.99. The van der Waals surface area contributed by atoms with Gasteiger partial charge in [0, 0.05) is 24.4 Å². The molecule has 0 aromatic heterocycles. The van der Waals surface area contributed by atoms with Crippen molar-refractivity contribution in [2.24, 2.45) is 0 Å². The SMILES string of the molecule is CC1(F)CC(NC(=O)c2ccccc2)C1. The number of hydrogen-bond donors (Lipinski definition) is 1. The Morgan fingerprint density at radius 2 is 2.00 bits per heavy atom. The summed E-state index contributed by atoms with van der Waals surface area (Å²) in [7, 11) is 0. The number of alkyl halides is 1. The molecule has 15 heavy (non-hydrogen) atoms. The fourth-order valence-corrected chi connectivity index (χ4v) is 1.93. The molecule has 0 bridgehead atoms. The molecule has 80 valence electrons. The number of benzene rings is 1. The van der Waals surface area contributed by atoms with Crippen LogP contribution in [0, 0.1) is 0 Å². The van der Waals surface area contributed by atoms with Crippen molar-refractivity contribution in [2.75, 3.05) is 0 Å². The summed E-state index contributed by atoms with van der Waals surface area (Å²) in [6.07, 6.45) is 0.844. The number of amides is 1. The first kappa shape index (κ1) is 10.1. The second-order valence-corrected chi connectivity index (χ2v) is 4.36. The quantitative estimate of drug-likeness (QED) is 0.792. The number of carbonyl (C=O) groups excluding carboxylic acids is 1. The third-order valence-electron chi connectivity index (χ3n) is 2.72. The molecular weight excluding hydrogens is 193 g/mol. The number of hydrogen-bond acceptors (Lipinski definition) is 1. The smallest absolute Gasteiger partial charge is 0.251 e. The van der Waals surface area contributed by atoms with Crippen LogP contribution in [0.25, 0.3) is 0 Å². The zero-order chi connectivity index (χ0) is 10.9. The van der Waals surface area contributed by atoms with E-state index in [9.17, 15) is 9.18 Å². The molecule has 1 fully saturated rings. The third kappa shape index (κ3) is 2.35. The predicted molar refractivity (Wildman–Crippen MR) is 56.4 cm³/mol. The van der Waals surface area contributed by atoms with Gasteiger partial charge in [-0.2, -0.15) is 0 Å². The van der Waals surface area contributed by atoms with Gasteiger partial charge in [-0.25, -0.2) is 4.39 Å². The lowest BCUT2D eigenvalue weighted by molar-refractivity contribution is 0.0445. The van der Waals surface area contributed by atoms with E-state index in [4.69, 9.17) is 0 Å². The number of halogens is 1. The van der Waals surface area contributed by atoms with Gasteiger partial charge < -0.3 is 5.32 Å². The van der Waals surface area contributed by atoms with Crippen LogP contribution >= 0.6 is 0 Å². The maximum Gasteiger partial charge on any atom is 0.251 e. The summed E-state index contributed by atoms with van der Waals surface area (Å²) in [5, 5.41) is 2.81. The largest absolute Gasteiger partial charge is 0.349 e. The summed E-state index contributed by atoms with van der Waals surface area (Å²) in [5.74, 6) is -0.115. The molecule has 0 unspecified atom stereocenters. The van der Waals surface area contributed by atoms with Crippen LogP contribution in [-0.2, 0) is 0 Å². The van der Waals surface area contributed by atoms with Crippen LogP contribution in [0.5, 0.6) is 0 Å². The van der Waals surface area contributed by atoms with Gasteiger partial charge in [0.1, 0.15) is 5.67 Å². The zero-order valence-electron chi connectivity index (χ0n) is 8.66. The summed E-state index contributed by atoms with van der Waals surface area (Å²) >= 11 is 0. The fraction of sp³-hybridized carbons (Fsp3) is 0.417. The fourth-order valence-electron chi connectivity index (χ4n) is 1.93. The van der Waals surface area contributed by atoms with Gasteiger partial charge in [-0.15, -0.1) is 0 Å². The molecular formula is C12H14FNO. The lowest BCUT2D eigenvalue weighted by atomic mass is 9.79. The molecule has 2 nitrogen and oxygen atoms in total. The number of rotatable bonds is 2. The summed E-state index contributed by atoms with van der Waals surface area (Å²) in [4.78, 5) is 11.6. The van der Waals surface area contributed by atoms with E-state index in [-0.39, 0.29) is 11.9 Å². The van der Waals surface area contributed by atoms with Gasteiger partial charge in [-0.05, 0) is 19.1 Å². The van der Waals surface area contributed by atoms with Gasteiger partial charge in [0.15, 0.2) is 0 Å². The Labute approximate surface area is 88.5 Å². The van der Waals surface area contributed by atoms with Gasteiger partial charge >= 0.3 is 0 Å². The van der Waals surface area contributed by atoms with Crippen LogP contribution in [0.15, 0.2) is 30.3 Å². The Hall–Kier alpha value is -1.38. The van der Waals surface area contributed by atoms with Crippen molar-refractivity contribution in [1.82, 2.24) is 5.32 Å². The van der Waals surface area contributed by atoms with Crippen LogP contribution < -0.4 is 5.32 Å². The average molecular weight is 207 g/mol. The van der Waals surface area contributed by atoms with Gasteiger partial charge in [-0.3, -0.25) is 4.79 Å². The summed E-state index contributed by atoms with van der Waals surface area (Å²) in [5.41, 5.74) is -0.459. The van der Waals surface area contributed by atoms with Crippen LogP contribution in [0.3, 0.4) is 0 Å². The lowest BCUT2D eigenvalue weighted by Gasteiger charge is -2.38. The molecule has 1 aliphatic rings. The van der Waals surface area contributed by atoms with E-state index in [1.54, 1.807) is 19.1 Å². The lowest BCUT2D eigenvalue weighted by Crippen LogP contribution is -2.51. The van der Waals surface area contributed by atoms with E-state index in [2.05, 4.69) is 5.32 Å². The number of carbonyl (C=O) groups is 1. The maximum absolute atomic E-state index is 13.2. The molecule has 2 rings (SSSR count). The highest BCUT2D eigenvalue weighted by Crippen LogP contribution is 2.35. The minimum atomic E-state index is -1.09. The Balaban J connectivity index is 1.89. The highest BCUT2D eigenvalue weighted by Gasteiger charge is 2.41. The normalized spacial score (nSPS) is 29.3. The molecule has 1 N–H and O–H groups in total. The van der Waals surface area contributed by atoms with Crippen molar-refractivity contribution in [3.05, 3.63) is 35.9 Å². The van der Waals surface area contributed by atoms with Crippen LogP contribution in [0.4, 0.5) is 4.39 Å². The predicted octanol–water partition coefficient (Wildman–Crippen LogP) is 2.31. The van der Waals surface area contributed by atoms with Crippen LogP contribution in [-0.4, -0.2) is 17.6 Å². The monoisotopic (exact) mass is 207 g/mol. The molecule has 3 heteroatoms. The van der Waals surface area contributed by atoms with Crippen LogP contribution in [0.2, 0.25) is 0 Å². The van der Waals surface area contributed by atoms with E-state index < -0.39 is 5.67 Å². The minimum Gasteiger partial charge on any atom is -0.349 e. The maximum atomic E-state index is 13.2. The first-order valence-electron chi connectivity index (χ1n) is 5.12. The van der Waals surface area contributed by atoms with E-state index in [0.29, 0.717) is 18.4 Å². The molecule has 0 atom stereocenters. The molecule has 1 amide bonds. The van der Waals surface area contributed by atoms with E-state index in [1.807, 2.05) is 18.2 Å². The topological polar surface area (TPSA) is 29.1 Å². The van der Waals surface area contributed by atoms with E-state index in [1.165, 1.54) is 0 Å². The minimum absolute atomic E-state index is 0.00675. The zero-order valence-corrected chi connectivity index (χ0v) is 8.66. The number of nitrogens with one attached hydrogen (secondary N) is 1. The first-order chi connectivity index (χ1) is 7.07. The Bertz CT molecular complexity index is 353. The van der Waals surface area contributed by atoms with E-state index >= 15 is 0 Å². The third-order valence-corrected chi connectivity index (χ3v) is 2.72. The standard InChI is InChI=1S/C12H14FNO/c1-12(13)7-10(8-12)14-11(15)9-5-3-2-4-6-9/h2-6,10H,7-8H2,1H3,(H,14,15). The van der Waals surface area contributed by atoms with Crippen molar-refractivity contribution in [3.63, 3.8) is 0 Å². The molecule has 0 radical (unpaired) electrons. The van der Waals surface area contributed by atoms with Crippen molar-refractivity contribution < 1.29 is 9.18 Å². The molecule has 1 saturated carbocycles. The molecule has 0 saturated heterocycles. The summed E-state index contributed by atoms with van der Waals surface area (Å²) < 4.78 is 13.2. The first-order valence-corrected chi connectivity index (χ1v) is 5.12. The Kier molecular flexibility index (Phi) is 2.47. The van der Waals surface area contributed by atoms with Crippen molar-refractivity contribution in [2.45, 2.75) is 31.5 Å². The van der Waals surface area contributed by atoms with Gasteiger partial charge in [0.25, 0.3) is 5.91 Å². The molecule has 1 aliphatic carbocycles. The Morgan fingerprint density at radius 1 is 1.40 bits per heavy atom. The second kappa shape index (κ2) is 3.65. The van der Waals surface area contributed by atoms with Gasteiger partial charge in [0.05, 0.1) is 0 Å².